The number of aromatic nitrogens is 2. The fourth-order valence-electron chi connectivity index (χ4n) is 2.93. The van der Waals surface area contributed by atoms with Gasteiger partial charge in [0.25, 0.3) is 0 Å². The summed E-state index contributed by atoms with van der Waals surface area (Å²) in [7, 11) is 0. The highest BCUT2D eigenvalue weighted by Crippen LogP contribution is 2.39. The number of rotatable bonds is 6. The van der Waals surface area contributed by atoms with Crippen LogP contribution in [0.1, 0.15) is 51.6 Å². The maximum absolute atomic E-state index is 11.7. The first-order valence-corrected chi connectivity index (χ1v) is 7.84. The maximum atomic E-state index is 11.7. The molecule has 0 radical (unpaired) electrons. The quantitative estimate of drug-likeness (QED) is 0.842. The van der Waals surface area contributed by atoms with Crippen molar-refractivity contribution in [3.05, 3.63) is 18.1 Å². The Bertz CT molecular complexity index is 482. The molecule has 0 aromatic carbocycles. The highest BCUT2D eigenvalue weighted by Gasteiger charge is 2.41. The molecule has 2 N–H and O–H groups in total. The van der Waals surface area contributed by atoms with Gasteiger partial charge in [0, 0.05) is 18.3 Å². The Morgan fingerprint density at radius 3 is 2.76 bits per heavy atom. The topological polar surface area (TPSA) is 75.1 Å². The van der Waals surface area contributed by atoms with Crippen LogP contribution in [-0.4, -0.2) is 27.6 Å². The summed E-state index contributed by atoms with van der Waals surface area (Å²) in [5.74, 6) is 0.671. The predicted molar refractivity (Wildman–Crippen MR) is 82.2 cm³/mol. The minimum absolute atomic E-state index is 0.442. The van der Waals surface area contributed by atoms with Gasteiger partial charge in [0.15, 0.2) is 0 Å². The van der Waals surface area contributed by atoms with E-state index in [1.54, 1.807) is 6.33 Å². The standard InChI is InChI=1S/C16H25N3O2/c1-3-4-13-9-14(19-11-18-13)17-10-16(15(20)21)7-5-12(2)6-8-16/h9,11-12H,3-8,10H2,1-2H3,(H,20,21)(H,17,18,19). The monoisotopic (exact) mass is 291 g/mol. The third kappa shape index (κ3) is 3.93. The maximum Gasteiger partial charge on any atom is 0.311 e. The molecular formula is C16H25N3O2. The molecule has 5 heteroatoms. The molecular weight excluding hydrogens is 266 g/mol. The molecule has 21 heavy (non-hydrogen) atoms. The van der Waals surface area contributed by atoms with Gasteiger partial charge in [-0.15, -0.1) is 0 Å². The largest absolute Gasteiger partial charge is 0.481 e. The Labute approximate surface area is 126 Å². The van der Waals surface area contributed by atoms with Crippen LogP contribution in [0, 0.1) is 11.3 Å². The van der Waals surface area contributed by atoms with Crippen molar-refractivity contribution in [1.82, 2.24) is 9.97 Å². The van der Waals surface area contributed by atoms with Crippen LogP contribution in [0.3, 0.4) is 0 Å². The van der Waals surface area contributed by atoms with Gasteiger partial charge in [-0.3, -0.25) is 4.79 Å². The summed E-state index contributed by atoms with van der Waals surface area (Å²) in [6.07, 6.45) is 6.94. The third-order valence-electron chi connectivity index (χ3n) is 4.52. The van der Waals surface area contributed by atoms with Crippen molar-refractivity contribution in [3.63, 3.8) is 0 Å². The number of hydrogen-bond acceptors (Lipinski definition) is 4. The van der Waals surface area contributed by atoms with Crippen LogP contribution < -0.4 is 5.32 Å². The Morgan fingerprint density at radius 2 is 2.14 bits per heavy atom. The molecule has 1 heterocycles. The summed E-state index contributed by atoms with van der Waals surface area (Å²) in [4.78, 5) is 20.1. The molecule has 1 fully saturated rings. The van der Waals surface area contributed by atoms with Gasteiger partial charge >= 0.3 is 5.97 Å². The van der Waals surface area contributed by atoms with E-state index in [0.29, 0.717) is 12.5 Å². The zero-order chi connectivity index (χ0) is 15.3. The summed E-state index contributed by atoms with van der Waals surface area (Å²) in [5.41, 5.74) is 0.346. The summed E-state index contributed by atoms with van der Waals surface area (Å²) < 4.78 is 0. The lowest BCUT2D eigenvalue weighted by molar-refractivity contribution is -0.150. The predicted octanol–water partition coefficient (Wildman–Crippen LogP) is 3.12. The first-order valence-electron chi connectivity index (χ1n) is 7.84. The fourth-order valence-corrected chi connectivity index (χ4v) is 2.93. The lowest BCUT2D eigenvalue weighted by Crippen LogP contribution is -2.41. The number of aliphatic carboxylic acids is 1. The zero-order valence-electron chi connectivity index (χ0n) is 12.9. The van der Waals surface area contributed by atoms with Gasteiger partial charge in [0.1, 0.15) is 12.1 Å². The molecule has 116 valence electrons. The average Bonchev–Trinajstić information content (AvgIpc) is 2.47. The van der Waals surface area contributed by atoms with Gasteiger partial charge in [-0.1, -0.05) is 20.3 Å². The second kappa shape index (κ2) is 6.87. The first-order chi connectivity index (χ1) is 10.1. The highest BCUT2D eigenvalue weighted by molar-refractivity contribution is 5.75. The molecule has 1 aliphatic carbocycles. The van der Waals surface area contributed by atoms with Crippen molar-refractivity contribution >= 4 is 11.8 Å². The Kier molecular flexibility index (Phi) is 5.15. The van der Waals surface area contributed by atoms with Gasteiger partial charge in [-0.2, -0.15) is 0 Å². The number of nitrogens with one attached hydrogen (secondary N) is 1. The van der Waals surface area contributed by atoms with E-state index in [1.165, 1.54) is 0 Å². The van der Waals surface area contributed by atoms with Crippen molar-refractivity contribution < 1.29 is 9.90 Å². The number of carbonyl (C=O) groups is 1. The minimum atomic E-state index is -0.690. The molecule has 1 aromatic heterocycles. The van der Waals surface area contributed by atoms with Gasteiger partial charge in [0.05, 0.1) is 5.41 Å². The summed E-state index contributed by atoms with van der Waals surface area (Å²) in [5, 5.41) is 12.8. The van der Waals surface area contributed by atoms with Crippen molar-refractivity contribution in [3.8, 4) is 0 Å². The van der Waals surface area contributed by atoms with Crippen LogP contribution in [0.25, 0.3) is 0 Å². The van der Waals surface area contributed by atoms with Crippen LogP contribution in [0.2, 0.25) is 0 Å². The summed E-state index contributed by atoms with van der Waals surface area (Å²) in [6, 6.07) is 1.92. The zero-order valence-corrected chi connectivity index (χ0v) is 12.9. The van der Waals surface area contributed by atoms with E-state index in [-0.39, 0.29) is 0 Å². The number of carboxylic acids is 1. The number of nitrogens with zero attached hydrogens (tertiary/aromatic N) is 2. The van der Waals surface area contributed by atoms with Crippen molar-refractivity contribution in [2.24, 2.45) is 11.3 Å². The summed E-state index contributed by atoms with van der Waals surface area (Å²) >= 11 is 0. The second-order valence-corrected chi connectivity index (χ2v) is 6.27. The van der Waals surface area contributed by atoms with E-state index in [2.05, 4.69) is 29.1 Å². The molecule has 5 nitrogen and oxygen atoms in total. The van der Waals surface area contributed by atoms with Gasteiger partial charge in [-0.05, 0) is 38.0 Å². The summed E-state index contributed by atoms with van der Waals surface area (Å²) in [6.45, 7) is 4.75. The Hall–Kier alpha value is -1.65. The number of hydrogen-bond donors (Lipinski definition) is 2. The normalized spacial score (nSPS) is 25.5. The van der Waals surface area contributed by atoms with E-state index in [1.807, 2.05) is 6.07 Å². The van der Waals surface area contributed by atoms with Crippen LogP contribution in [0.4, 0.5) is 5.82 Å². The Morgan fingerprint density at radius 1 is 1.43 bits per heavy atom. The molecule has 0 unspecified atom stereocenters. The molecule has 1 saturated carbocycles. The van der Waals surface area contributed by atoms with E-state index in [4.69, 9.17) is 0 Å². The molecule has 0 atom stereocenters. The van der Waals surface area contributed by atoms with Crippen molar-refractivity contribution in [2.75, 3.05) is 11.9 Å². The lowest BCUT2D eigenvalue weighted by atomic mass is 9.71. The van der Waals surface area contributed by atoms with Crippen LogP contribution in [0.15, 0.2) is 12.4 Å². The molecule has 0 bridgehead atoms. The van der Waals surface area contributed by atoms with E-state index in [9.17, 15) is 9.90 Å². The van der Waals surface area contributed by atoms with E-state index >= 15 is 0 Å². The smallest absolute Gasteiger partial charge is 0.311 e. The number of aryl methyl sites for hydroxylation is 1. The third-order valence-corrected chi connectivity index (χ3v) is 4.52. The molecule has 2 rings (SSSR count). The Balaban J connectivity index is 2.02. The number of anilines is 1. The molecule has 0 amide bonds. The lowest BCUT2D eigenvalue weighted by Gasteiger charge is -2.36. The van der Waals surface area contributed by atoms with Gasteiger partial charge in [0.2, 0.25) is 0 Å². The van der Waals surface area contributed by atoms with Gasteiger partial charge in [-0.25, -0.2) is 9.97 Å². The van der Waals surface area contributed by atoms with E-state index in [0.717, 1.165) is 50.0 Å². The average molecular weight is 291 g/mol. The molecule has 1 aliphatic rings. The van der Waals surface area contributed by atoms with Gasteiger partial charge < -0.3 is 10.4 Å². The van der Waals surface area contributed by atoms with Crippen LogP contribution in [0.5, 0.6) is 0 Å². The molecule has 0 aliphatic heterocycles. The molecule has 0 spiro atoms. The highest BCUT2D eigenvalue weighted by atomic mass is 16.4. The molecule has 0 saturated heterocycles. The van der Waals surface area contributed by atoms with Crippen molar-refractivity contribution in [2.45, 2.75) is 52.4 Å². The molecule has 1 aromatic rings. The van der Waals surface area contributed by atoms with E-state index < -0.39 is 11.4 Å². The number of carboxylic acid groups (broad SMARTS) is 1. The fraction of sp³-hybridized carbons (Fsp3) is 0.688. The SMILES string of the molecule is CCCc1cc(NCC2(C(=O)O)CCC(C)CC2)ncn1. The van der Waals surface area contributed by atoms with Crippen LogP contribution in [-0.2, 0) is 11.2 Å². The van der Waals surface area contributed by atoms with Crippen LogP contribution >= 0.6 is 0 Å². The first kappa shape index (κ1) is 15.7. The minimum Gasteiger partial charge on any atom is -0.481 e. The second-order valence-electron chi connectivity index (χ2n) is 6.27. The van der Waals surface area contributed by atoms with Crippen molar-refractivity contribution in [1.29, 1.82) is 0 Å².